The molecule has 0 heterocycles. The molecule has 0 radical (unpaired) electrons. The van der Waals surface area contributed by atoms with Crippen molar-refractivity contribution in [2.45, 2.75) is 84.6 Å². The molecular weight excluding hydrogens is 282 g/mol. The SMILES string of the molecule is CCC(CC)(c1cc(C(C)(C)C)c(O)cc1C(C)(C)C)N(C)C. The van der Waals surface area contributed by atoms with Crippen LogP contribution < -0.4 is 0 Å². The lowest BCUT2D eigenvalue weighted by Crippen LogP contribution is -2.42. The predicted octanol–water partition coefficient (Wildman–Crippen LogP) is 5.56. The Labute approximate surface area is 143 Å². The third-order valence-electron chi connectivity index (χ3n) is 5.28. The molecule has 1 aromatic carbocycles. The number of rotatable bonds is 4. The summed E-state index contributed by atoms with van der Waals surface area (Å²) in [5.41, 5.74) is 3.57. The Morgan fingerprint density at radius 3 is 1.52 bits per heavy atom. The van der Waals surface area contributed by atoms with Gasteiger partial charge < -0.3 is 5.11 Å². The molecule has 2 heteroatoms. The van der Waals surface area contributed by atoms with Gasteiger partial charge in [0.2, 0.25) is 0 Å². The van der Waals surface area contributed by atoms with Crippen molar-refractivity contribution in [2.24, 2.45) is 0 Å². The van der Waals surface area contributed by atoms with Gasteiger partial charge in [0.25, 0.3) is 0 Å². The summed E-state index contributed by atoms with van der Waals surface area (Å²) < 4.78 is 0. The number of phenols is 1. The van der Waals surface area contributed by atoms with Gasteiger partial charge >= 0.3 is 0 Å². The Balaban J connectivity index is 3.86. The van der Waals surface area contributed by atoms with Gasteiger partial charge in [-0.05, 0) is 66.6 Å². The maximum atomic E-state index is 10.7. The van der Waals surface area contributed by atoms with Crippen LogP contribution in [0.4, 0.5) is 0 Å². The van der Waals surface area contributed by atoms with Gasteiger partial charge in [-0.3, -0.25) is 4.90 Å². The molecule has 132 valence electrons. The molecule has 1 N–H and O–H groups in total. The van der Waals surface area contributed by atoms with Crippen LogP contribution in [-0.2, 0) is 16.4 Å². The van der Waals surface area contributed by atoms with Crippen LogP contribution in [0.3, 0.4) is 0 Å². The minimum absolute atomic E-state index is 0.00366. The van der Waals surface area contributed by atoms with Crippen molar-refractivity contribution >= 4 is 0 Å². The summed E-state index contributed by atoms with van der Waals surface area (Å²) in [6.45, 7) is 17.7. The summed E-state index contributed by atoms with van der Waals surface area (Å²) in [5.74, 6) is 0.422. The fourth-order valence-electron chi connectivity index (χ4n) is 3.70. The van der Waals surface area contributed by atoms with Crippen LogP contribution in [-0.4, -0.2) is 24.1 Å². The van der Waals surface area contributed by atoms with E-state index in [9.17, 15) is 5.11 Å². The smallest absolute Gasteiger partial charge is 0.119 e. The Bertz CT molecular complexity index is 540. The molecule has 0 aliphatic rings. The Morgan fingerprint density at radius 1 is 0.783 bits per heavy atom. The zero-order valence-electron chi connectivity index (χ0n) is 17.0. The number of benzene rings is 1. The van der Waals surface area contributed by atoms with Crippen molar-refractivity contribution in [1.82, 2.24) is 4.90 Å². The van der Waals surface area contributed by atoms with E-state index in [1.807, 2.05) is 6.07 Å². The quantitative estimate of drug-likeness (QED) is 0.785. The second-order valence-electron chi connectivity index (χ2n) is 9.05. The van der Waals surface area contributed by atoms with Crippen LogP contribution in [0.15, 0.2) is 12.1 Å². The lowest BCUT2D eigenvalue weighted by atomic mass is 9.71. The minimum Gasteiger partial charge on any atom is -0.508 e. The molecule has 23 heavy (non-hydrogen) atoms. The molecule has 0 fully saturated rings. The van der Waals surface area contributed by atoms with Crippen molar-refractivity contribution in [2.75, 3.05) is 14.1 Å². The third-order valence-corrected chi connectivity index (χ3v) is 5.28. The van der Waals surface area contributed by atoms with Gasteiger partial charge in [-0.25, -0.2) is 0 Å². The fraction of sp³-hybridized carbons (Fsp3) is 0.714. The van der Waals surface area contributed by atoms with E-state index >= 15 is 0 Å². The van der Waals surface area contributed by atoms with Gasteiger partial charge in [-0.15, -0.1) is 0 Å². The van der Waals surface area contributed by atoms with Crippen molar-refractivity contribution in [3.63, 3.8) is 0 Å². The highest BCUT2D eigenvalue weighted by molar-refractivity contribution is 5.50. The first-order chi connectivity index (χ1) is 10.3. The molecule has 0 saturated carbocycles. The molecule has 0 atom stereocenters. The highest BCUT2D eigenvalue weighted by atomic mass is 16.3. The van der Waals surface area contributed by atoms with Crippen LogP contribution in [0.1, 0.15) is 84.9 Å². The summed E-state index contributed by atoms with van der Waals surface area (Å²) >= 11 is 0. The molecule has 0 aliphatic heterocycles. The number of hydrogen-bond acceptors (Lipinski definition) is 2. The lowest BCUT2D eigenvalue weighted by Gasteiger charge is -2.43. The number of nitrogens with zero attached hydrogens (tertiary/aromatic N) is 1. The summed E-state index contributed by atoms with van der Waals surface area (Å²) in [6.07, 6.45) is 2.10. The molecule has 1 rings (SSSR count). The van der Waals surface area contributed by atoms with Crippen LogP contribution in [0.5, 0.6) is 5.75 Å². The maximum Gasteiger partial charge on any atom is 0.119 e. The van der Waals surface area contributed by atoms with E-state index in [0.29, 0.717) is 5.75 Å². The number of hydrogen-bond donors (Lipinski definition) is 1. The van der Waals surface area contributed by atoms with Crippen LogP contribution in [0, 0.1) is 0 Å². The molecule has 0 unspecified atom stereocenters. The summed E-state index contributed by atoms with van der Waals surface area (Å²) in [5, 5.41) is 10.7. The molecule has 0 aliphatic carbocycles. The average Bonchev–Trinajstić information content (AvgIpc) is 2.38. The molecule has 0 amide bonds. The number of phenolic OH excluding ortho intramolecular Hbond substituents is 1. The highest BCUT2D eigenvalue weighted by Gasteiger charge is 2.37. The van der Waals surface area contributed by atoms with E-state index in [0.717, 1.165) is 18.4 Å². The van der Waals surface area contributed by atoms with E-state index in [1.165, 1.54) is 11.1 Å². The molecule has 0 spiro atoms. The van der Waals surface area contributed by atoms with E-state index < -0.39 is 0 Å². The second kappa shape index (κ2) is 6.47. The normalized spacial score (nSPS) is 13.7. The fourth-order valence-corrected chi connectivity index (χ4v) is 3.70. The van der Waals surface area contributed by atoms with Crippen LogP contribution >= 0.6 is 0 Å². The first-order valence-corrected chi connectivity index (χ1v) is 8.87. The first-order valence-electron chi connectivity index (χ1n) is 8.87. The molecule has 0 bridgehead atoms. The molecule has 0 aromatic heterocycles. The van der Waals surface area contributed by atoms with E-state index in [-0.39, 0.29) is 16.4 Å². The topological polar surface area (TPSA) is 23.5 Å². The first kappa shape index (κ1) is 20.0. The van der Waals surface area contributed by atoms with Gasteiger partial charge in [0.1, 0.15) is 5.75 Å². The van der Waals surface area contributed by atoms with Crippen molar-refractivity contribution in [3.8, 4) is 5.75 Å². The Kier molecular flexibility index (Phi) is 5.63. The maximum absolute atomic E-state index is 10.7. The van der Waals surface area contributed by atoms with E-state index in [2.05, 4.69) is 80.5 Å². The molecular formula is C21H37NO. The van der Waals surface area contributed by atoms with Crippen LogP contribution in [0.2, 0.25) is 0 Å². The largest absolute Gasteiger partial charge is 0.508 e. The molecule has 0 saturated heterocycles. The Hall–Kier alpha value is -1.02. The molecule has 1 aromatic rings. The molecule has 2 nitrogen and oxygen atoms in total. The summed E-state index contributed by atoms with van der Waals surface area (Å²) in [6, 6.07) is 4.28. The van der Waals surface area contributed by atoms with E-state index in [1.54, 1.807) is 0 Å². The van der Waals surface area contributed by atoms with Gasteiger partial charge in [-0.2, -0.15) is 0 Å². The summed E-state index contributed by atoms with van der Waals surface area (Å²) in [7, 11) is 4.34. The monoisotopic (exact) mass is 319 g/mol. The van der Waals surface area contributed by atoms with Crippen LogP contribution in [0.25, 0.3) is 0 Å². The third kappa shape index (κ3) is 3.74. The standard InChI is InChI=1S/C21H37NO/c1-11-21(12-2,22(9)10)16-13-17(20(6,7)8)18(23)14-15(16)19(3,4)5/h13-14,23H,11-12H2,1-10H3. The van der Waals surface area contributed by atoms with Crippen molar-refractivity contribution < 1.29 is 5.11 Å². The zero-order chi connectivity index (χ0) is 18.2. The van der Waals surface area contributed by atoms with Crippen molar-refractivity contribution in [1.29, 1.82) is 0 Å². The van der Waals surface area contributed by atoms with E-state index in [4.69, 9.17) is 0 Å². The van der Waals surface area contributed by atoms with Gasteiger partial charge in [0.15, 0.2) is 0 Å². The Morgan fingerprint density at radius 2 is 1.22 bits per heavy atom. The van der Waals surface area contributed by atoms with Gasteiger partial charge in [-0.1, -0.05) is 55.4 Å². The zero-order valence-corrected chi connectivity index (χ0v) is 17.0. The second-order valence-corrected chi connectivity index (χ2v) is 9.05. The lowest BCUT2D eigenvalue weighted by molar-refractivity contribution is 0.136. The average molecular weight is 320 g/mol. The van der Waals surface area contributed by atoms with Gasteiger partial charge in [0, 0.05) is 5.54 Å². The predicted molar refractivity (Wildman–Crippen MR) is 101 cm³/mol. The number of aromatic hydroxyl groups is 1. The van der Waals surface area contributed by atoms with Gasteiger partial charge in [0.05, 0.1) is 0 Å². The highest BCUT2D eigenvalue weighted by Crippen LogP contribution is 2.44. The van der Waals surface area contributed by atoms with Crippen molar-refractivity contribution in [3.05, 3.63) is 28.8 Å². The summed E-state index contributed by atoms with van der Waals surface area (Å²) in [4.78, 5) is 2.35. The minimum atomic E-state index is -0.0746.